The summed E-state index contributed by atoms with van der Waals surface area (Å²) in [5, 5.41) is 9.88. The topological polar surface area (TPSA) is 20.2 Å². The molecule has 1 N–H and O–H groups in total. The zero-order chi connectivity index (χ0) is 10.3. The van der Waals surface area contributed by atoms with E-state index in [1.54, 1.807) is 0 Å². The van der Waals surface area contributed by atoms with Gasteiger partial charge >= 0.3 is 0 Å². The minimum atomic E-state index is -0.349. The maximum Gasteiger partial charge on any atom is 0.0690 e. The molecule has 0 heterocycles. The first-order valence-corrected chi connectivity index (χ1v) is 6.06. The standard InChI is InChI=1S/C14H18O/c15-14(7-8-14)10-11-3-1-6-13(9-11)12-4-2-5-12/h1,3,6,9,12,15H,2,4-5,7-8,10H2. The van der Waals surface area contributed by atoms with Gasteiger partial charge in [-0.15, -0.1) is 0 Å². The summed E-state index contributed by atoms with van der Waals surface area (Å²) in [5.74, 6) is 0.804. The fourth-order valence-corrected chi connectivity index (χ4v) is 2.40. The van der Waals surface area contributed by atoms with E-state index in [0.29, 0.717) is 0 Å². The van der Waals surface area contributed by atoms with Crippen molar-refractivity contribution in [1.29, 1.82) is 0 Å². The van der Waals surface area contributed by atoms with Crippen LogP contribution in [0.25, 0.3) is 0 Å². The second-order valence-electron chi connectivity index (χ2n) is 5.27. The summed E-state index contributed by atoms with van der Waals surface area (Å²) in [6.45, 7) is 0. The molecule has 1 aromatic rings. The summed E-state index contributed by atoms with van der Waals surface area (Å²) in [6, 6.07) is 8.84. The van der Waals surface area contributed by atoms with Crippen LogP contribution in [0.15, 0.2) is 24.3 Å². The van der Waals surface area contributed by atoms with Gasteiger partial charge in [-0.2, -0.15) is 0 Å². The Kier molecular flexibility index (Phi) is 2.10. The van der Waals surface area contributed by atoms with E-state index in [-0.39, 0.29) is 5.60 Å². The summed E-state index contributed by atoms with van der Waals surface area (Å²) in [4.78, 5) is 0. The maximum absolute atomic E-state index is 9.88. The van der Waals surface area contributed by atoms with E-state index in [4.69, 9.17) is 0 Å². The van der Waals surface area contributed by atoms with Crippen LogP contribution in [0.5, 0.6) is 0 Å². The van der Waals surface area contributed by atoms with Crippen LogP contribution in [0.4, 0.5) is 0 Å². The van der Waals surface area contributed by atoms with Gasteiger partial charge in [-0.05, 0) is 42.7 Å². The van der Waals surface area contributed by atoms with Crippen LogP contribution in [-0.4, -0.2) is 10.7 Å². The average Bonchev–Trinajstić information content (AvgIpc) is 2.80. The van der Waals surface area contributed by atoms with Crippen molar-refractivity contribution >= 4 is 0 Å². The number of hydrogen-bond donors (Lipinski definition) is 1. The predicted molar refractivity (Wildman–Crippen MR) is 60.9 cm³/mol. The monoisotopic (exact) mass is 202 g/mol. The molecule has 3 rings (SSSR count). The molecule has 2 aliphatic rings. The molecule has 2 aliphatic carbocycles. The summed E-state index contributed by atoms with van der Waals surface area (Å²) in [6.07, 6.45) is 6.93. The third-order valence-corrected chi connectivity index (χ3v) is 3.89. The zero-order valence-corrected chi connectivity index (χ0v) is 9.08. The van der Waals surface area contributed by atoms with E-state index in [9.17, 15) is 5.11 Å². The highest BCUT2D eigenvalue weighted by Gasteiger charge is 2.40. The van der Waals surface area contributed by atoms with Gasteiger partial charge in [-0.25, -0.2) is 0 Å². The van der Waals surface area contributed by atoms with Crippen molar-refractivity contribution in [2.45, 2.75) is 50.0 Å². The third kappa shape index (κ3) is 1.93. The molecular formula is C14H18O. The van der Waals surface area contributed by atoms with Gasteiger partial charge in [-0.3, -0.25) is 0 Å². The molecule has 15 heavy (non-hydrogen) atoms. The molecule has 2 saturated carbocycles. The number of aliphatic hydroxyl groups is 1. The van der Waals surface area contributed by atoms with E-state index in [0.717, 1.165) is 25.2 Å². The van der Waals surface area contributed by atoms with Crippen LogP contribution in [-0.2, 0) is 6.42 Å². The first-order valence-electron chi connectivity index (χ1n) is 6.06. The van der Waals surface area contributed by atoms with Gasteiger partial charge in [0.15, 0.2) is 0 Å². The second kappa shape index (κ2) is 3.34. The van der Waals surface area contributed by atoms with Crippen molar-refractivity contribution in [2.24, 2.45) is 0 Å². The number of benzene rings is 1. The van der Waals surface area contributed by atoms with Crippen molar-refractivity contribution in [3.8, 4) is 0 Å². The first kappa shape index (κ1) is 9.41. The smallest absolute Gasteiger partial charge is 0.0690 e. The first-order chi connectivity index (χ1) is 7.25. The molecule has 0 unspecified atom stereocenters. The van der Waals surface area contributed by atoms with E-state index in [1.165, 1.54) is 30.4 Å². The third-order valence-electron chi connectivity index (χ3n) is 3.89. The van der Waals surface area contributed by atoms with E-state index in [1.807, 2.05) is 0 Å². The Balaban J connectivity index is 1.76. The molecule has 1 aromatic carbocycles. The van der Waals surface area contributed by atoms with Gasteiger partial charge in [0.2, 0.25) is 0 Å². The fraction of sp³-hybridized carbons (Fsp3) is 0.571. The largest absolute Gasteiger partial charge is 0.390 e. The molecule has 0 bridgehead atoms. The van der Waals surface area contributed by atoms with Gasteiger partial charge in [0.1, 0.15) is 0 Å². The Morgan fingerprint density at radius 2 is 2.07 bits per heavy atom. The van der Waals surface area contributed by atoms with Gasteiger partial charge in [0, 0.05) is 6.42 Å². The summed E-state index contributed by atoms with van der Waals surface area (Å²) < 4.78 is 0. The Morgan fingerprint density at radius 1 is 1.27 bits per heavy atom. The van der Waals surface area contributed by atoms with Crippen molar-refractivity contribution in [2.75, 3.05) is 0 Å². The van der Waals surface area contributed by atoms with Crippen molar-refractivity contribution in [3.05, 3.63) is 35.4 Å². The Labute approximate surface area is 91.1 Å². The average molecular weight is 202 g/mol. The van der Waals surface area contributed by atoms with Crippen LogP contribution >= 0.6 is 0 Å². The summed E-state index contributed by atoms with van der Waals surface area (Å²) >= 11 is 0. The number of hydrogen-bond acceptors (Lipinski definition) is 1. The highest BCUT2D eigenvalue weighted by Crippen LogP contribution is 2.40. The maximum atomic E-state index is 9.88. The molecule has 1 heteroatoms. The normalized spacial score (nSPS) is 23.5. The minimum absolute atomic E-state index is 0.349. The van der Waals surface area contributed by atoms with Gasteiger partial charge in [0.25, 0.3) is 0 Å². The molecule has 0 aliphatic heterocycles. The Bertz CT molecular complexity index is 361. The zero-order valence-electron chi connectivity index (χ0n) is 9.08. The molecule has 0 radical (unpaired) electrons. The van der Waals surface area contributed by atoms with Crippen LogP contribution in [0, 0.1) is 0 Å². The highest BCUT2D eigenvalue weighted by atomic mass is 16.3. The van der Waals surface area contributed by atoms with Crippen LogP contribution in [0.2, 0.25) is 0 Å². The lowest BCUT2D eigenvalue weighted by Crippen LogP contribution is -2.12. The predicted octanol–water partition coefficient (Wildman–Crippen LogP) is 3.02. The van der Waals surface area contributed by atoms with Crippen molar-refractivity contribution in [3.63, 3.8) is 0 Å². The lowest BCUT2D eigenvalue weighted by atomic mass is 9.79. The Morgan fingerprint density at radius 3 is 2.67 bits per heavy atom. The van der Waals surface area contributed by atoms with E-state index in [2.05, 4.69) is 24.3 Å². The van der Waals surface area contributed by atoms with E-state index < -0.39 is 0 Å². The van der Waals surface area contributed by atoms with Crippen LogP contribution < -0.4 is 0 Å². The summed E-state index contributed by atoms with van der Waals surface area (Å²) in [5.41, 5.74) is 2.46. The molecule has 2 fully saturated rings. The molecule has 0 spiro atoms. The quantitative estimate of drug-likeness (QED) is 0.798. The molecule has 0 saturated heterocycles. The minimum Gasteiger partial charge on any atom is -0.390 e. The van der Waals surface area contributed by atoms with Crippen LogP contribution in [0.3, 0.4) is 0 Å². The molecule has 0 aromatic heterocycles. The fourth-order valence-electron chi connectivity index (χ4n) is 2.40. The molecular weight excluding hydrogens is 184 g/mol. The van der Waals surface area contributed by atoms with E-state index >= 15 is 0 Å². The SMILES string of the molecule is OC1(Cc2cccc(C3CCC3)c2)CC1. The van der Waals surface area contributed by atoms with Gasteiger partial charge < -0.3 is 5.11 Å². The van der Waals surface area contributed by atoms with Gasteiger partial charge in [0.05, 0.1) is 5.60 Å². The lowest BCUT2D eigenvalue weighted by molar-refractivity contribution is 0.151. The molecule has 80 valence electrons. The molecule has 1 nitrogen and oxygen atoms in total. The Hall–Kier alpha value is -0.820. The molecule has 0 atom stereocenters. The van der Waals surface area contributed by atoms with Crippen molar-refractivity contribution in [1.82, 2.24) is 0 Å². The number of rotatable bonds is 3. The lowest BCUT2D eigenvalue weighted by Gasteiger charge is -2.26. The van der Waals surface area contributed by atoms with Gasteiger partial charge in [-0.1, -0.05) is 30.7 Å². The van der Waals surface area contributed by atoms with Crippen molar-refractivity contribution < 1.29 is 5.11 Å². The highest BCUT2D eigenvalue weighted by molar-refractivity contribution is 5.29. The van der Waals surface area contributed by atoms with Crippen LogP contribution in [0.1, 0.15) is 49.1 Å². The molecule has 0 amide bonds. The summed E-state index contributed by atoms with van der Waals surface area (Å²) in [7, 11) is 0. The second-order valence-corrected chi connectivity index (χ2v) is 5.27.